The third-order valence-electron chi connectivity index (χ3n) is 5.03. The van der Waals surface area contributed by atoms with Gasteiger partial charge in [-0.15, -0.1) is 0 Å². The number of hydrogen-bond donors (Lipinski definition) is 2. The summed E-state index contributed by atoms with van der Waals surface area (Å²) in [6.45, 7) is 2.63. The Kier molecular flexibility index (Phi) is 4.19. The van der Waals surface area contributed by atoms with Gasteiger partial charge in [0.2, 0.25) is 0 Å². The first-order valence-corrected chi connectivity index (χ1v) is 8.93. The highest BCUT2D eigenvalue weighted by Gasteiger charge is 2.26. The van der Waals surface area contributed by atoms with Gasteiger partial charge in [0, 0.05) is 41.6 Å². The second-order valence-corrected chi connectivity index (χ2v) is 7.11. The monoisotopic (exact) mass is 344 g/mol. The molecule has 1 fully saturated rings. The number of aromatic amines is 1. The number of hydrogen-bond acceptors (Lipinski definition) is 3. The van der Waals surface area contributed by atoms with Gasteiger partial charge in [0.15, 0.2) is 5.69 Å². The van der Waals surface area contributed by atoms with Crippen LogP contribution in [0.4, 0.5) is 5.69 Å². The average molecular weight is 345 g/mol. The molecule has 2 heterocycles. The van der Waals surface area contributed by atoms with Gasteiger partial charge in [0.1, 0.15) is 0 Å². The molecular formula is C18H21ClN4O. The molecule has 1 saturated heterocycles. The molecule has 1 atom stereocenters. The maximum atomic E-state index is 12.4. The van der Waals surface area contributed by atoms with Gasteiger partial charge in [0.05, 0.1) is 0 Å². The number of fused-ring (bicyclic) bond motifs is 1. The Bertz CT molecular complexity index is 757. The van der Waals surface area contributed by atoms with E-state index in [0.717, 1.165) is 60.7 Å². The number of amides is 1. The number of carbonyl (C=O) groups excluding carboxylic acids is 1. The van der Waals surface area contributed by atoms with Crippen molar-refractivity contribution >= 4 is 23.2 Å². The summed E-state index contributed by atoms with van der Waals surface area (Å²) in [4.78, 5) is 14.7. The summed E-state index contributed by atoms with van der Waals surface area (Å²) in [5, 5.41) is 11.0. The van der Waals surface area contributed by atoms with Crippen LogP contribution >= 0.6 is 11.6 Å². The van der Waals surface area contributed by atoms with Crippen molar-refractivity contribution in [2.24, 2.45) is 5.92 Å². The van der Waals surface area contributed by atoms with Gasteiger partial charge in [0.25, 0.3) is 5.91 Å². The van der Waals surface area contributed by atoms with Crippen LogP contribution in [0, 0.1) is 5.92 Å². The second-order valence-electron chi connectivity index (χ2n) is 6.67. The van der Waals surface area contributed by atoms with Crippen LogP contribution in [0.25, 0.3) is 0 Å². The van der Waals surface area contributed by atoms with E-state index < -0.39 is 0 Å². The van der Waals surface area contributed by atoms with Crippen LogP contribution in [0.2, 0.25) is 5.02 Å². The molecule has 0 radical (unpaired) electrons. The number of nitrogens with zero attached hydrogens (tertiary/aromatic N) is 2. The van der Waals surface area contributed by atoms with Crippen LogP contribution in [-0.2, 0) is 12.8 Å². The Labute approximate surface area is 146 Å². The van der Waals surface area contributed by atoms with E-state index in [1.165, 1.54) is 0 Å². The van der Waals surface area contributed by atoms with Gasteiger partial charge in [-0.1, -0.05) is 17.7 Å². The van der Waals surface area contributed by atoms with Crippen molar-refractivity contribution in [3.05, 3.63) is 46.2 Å². The van der Waals surface area contributed by atoms with Gasteiger partial charge in [-0.05, 0) is 49.8 Å². The Balaban J connectivity index is 1.33. The molecule has 0 bridgehead atoms. The van der Waals surface area contributed by atoms with E-state index in [2.05, 4.69) is 26.5 Å². The molecule has 1 aliphatic carbocycles. The van der Waals surface area contributed by atoms with E-state index in [1.54, 1.807) is 0 Å². The van der Waals surface area contributed by atoms with Gasteiger partial charge in [-0.3, -0.25) is 9.89 Å². The molecule has 2 aliphatic rings. The number of aryl methyl sites for hydroxylation is 1. The minimum atomic E-state index is -0.0457. The number of anilines is 1. The molecule has 1 aromatic carbocycles. The van der Waals surface area contributed by atoms with E-state index in [-0.39, 0.29) is 5.91 Å². The molecule has 0 spiro atoms. The third-order valence-corrected chi connectivity index (χ3v) is 5.27. The van der Waals surface area contributed by atoms with Crippen molar-refractivity contribution in [2.45, 2.75) is 25.7 Å². The first-order valence-electron chi connectivity index (χ1n) is 8.55. The fraction of sp³-hybridized carbons (Fsp3) is 0.444. The number of halogens is 1. The highest BCUT2D eigenvalue weighted by Crippen LogP contribution is 2.26. The topological polar surface area (TPSA) is 61.0 Å². The van der Waals surface area contributed by atoms with Gasteiger partial charge >= 0.3 is 0 Å². The largest absolute Gasteiger partial charge is 0.371 e. The Morgan fingerprint density at radius 1 is 1.42 bits per heavy atom. The lowest BCUT2D eigenvalue weighted by atomic mass is 10.1. The van der Waals surface area contributed by atoms with Crippen LogP contribution in [0.3, 0.4) is 0 Å². The molecule has 2 aromatic rings. The van der Waals surface area contributed by atoms with Crippen LogP contribution in [0.15, 0.2) is 24.3 Å². The van der Waals surface area contributed by atoms with Crippen LogP contribution in [-0.4, -0.2) is 35.7 Å². The molecule has 0 unspecified atom stereocenters. The number of aromatic nitrogens is 2. The molecule has 4 rings (SSSR count). The summed E-state index contributed by atoms with van der Waals surface area (Å²) in [5.41, 5.74) is 3.99. The summed E-state index contributed by atoms with van der Waals surface area (Å²) in [6, 6.07) is 7.95. The maximum Gasteiger partial charge on any atom is 0.272 e. The molecule has 6 heteroatoms. The van der Waals surface area contributed by atoms with Crippen molar-refractivity contribution < 1.29 is 4.79 Å². The molecule has 1 aliphatic heterocycles. The SMILES string of the molecule is O=C(NC[C@H]1CCN(c2cccc(Cl)c2)C1)c1n[nH]c2c1CCC2. The van der Waals surface area contributed by atoms with Crippen molar-refractivity contribution in [3.8, 4) is 0 Å². The van der Waals surface area contributed by atoms with Gasteiger partial charge < -0.3 is 10.2 Å². The standard InChI is InChI=1S/C18H21ClN4O/c19-13-3-1-4-14(9-13)23-8-7-12(11-23)10-20-18(24)17-15-5-2-6-16(15)21-22-17/h1,3-4,9,12H,2,5-8,10-11H2,(H,20,24)(H,21,22)/t12-/m1/s1. The van der Waals surface area contributed by atoms with Gasteiger partial charge in [-0.25, -0.2) is 0 Å². The highest BCUT2D eigenvalue weighted by molar-refractivity contribution is 6.30. The minimum absolute atomic E-state index is 0.0457. The lowest BCUT2D eigenvalue weighted by Crippen LogP contribution is -2.31. The predicted molar refractivity (Wildman–Crippen MR) is 94.7 cm³/mol. The molecule has 1 amide bonds. The van der Waals surface area contributed by atoms with E-state index >= 15 is 0 Å². The Morgan fingerprint density at radius 2 is 2.33 bits per heavy atom. The summed E-state index contributed by atoms with van der Waals surface area (Å²) < 4.78 is 0. The molecule has 5 nitrogen and oxygen atoms in total. The fourth-order valence-corrected chi connectivity index (χ4v) is 3.92. The molecular weight excluding hydrogens is 324 g/mol. The summed E-state index contributed by atoms with van der Waals surface area (Å²) >= 11 is 6.07. The van der Waals surface area contributed by atoms with Crippen LogP contribution in [0.1, 0.15) is 34.6 Å². The number of nitrogens with one attached hydrogen (secondary N) is 2. The van der Waals surface area contributed by atoms with Crippen molar-refractivity contribution in [3.63, 3.8) is 0 Å². The zero-order valence-electron chi connectivity index (χ0n) is 13.5. The summed E-state index contributed by atoms with van der Waals surface area (Å²) in [7, 11) is 0. The van der Waals surface area contributed by atoms with Crippen LogP contribution < -0.4 is 10.2 Å². The maximum absolute atomic E-state index is 12.4. The smallest absolute Gasteiger partial charge is 0.272 e. The van der Waals surface area contributed by atoms with Crippen molar-refractivity contribution in [2.75, 3.05) is 24.5 Å². The fourth-order valence-electron chi connectivity index (χ4n) is 3.73. The second kappa shape index (κ2) is 6.48. The lowest BCUT2D eigenvalue weighted by molar-refractivity contribution is 0.0942. The predicted octanol–water partition coefficient (Wildman–Crippen LogP) is 2.81. The summed E-state index contributed by atoms with van der Waals surface area (Å²) in [6.07, 6.45) is 4.15. The van der Waals surface area contributed by atoms with Crippen molar-refractivity contribution in [1.82, 2.24) is 15.5 Å². The number of H-pyrrole nitrogens is 1. The molecule has 2 N–H and O–H groups in total. The van der Waals surface area contributed by atoms with E-state index in [9.17, 15) is 4.79 Å². The Morgan fingerprint density at radius 3 is 3.21 bits per heavy atom. The average Bonchev–Trinajstić information content (AvgIpc) is 3.29. The number of rotatable bonds is 4. The molecule has 126 valence electrons. The van der Waals surface area contributed by atoms with E-state index in [4.69, 9.17) is 11.6 Å². The Hall–Kier alpha value is -2.01. The number of carbonyl (C=O) groups is 1. The highest BCUT2D eigenvalue weighted by atomic mass is 35.5. The number of benzene rings is 1. The summed E-state index contributed by atoms with van der Waals surface area (Å²) in [5.74, 6) is 0.413. The van der Waals surface area contributed by atoms with Gasteiger partial charge in [-0.2, -0.15) is 5.10 Å². The van der Waals surface area contributed by atoms with E-state index in [0.29, 0.717) is 18.2 Å². The van der Waals surface area contributed by atoms with E-state index in [1.807, 2.05) is 18.2 Å². The lowest BCUT2D eigenvalue weighted by Gasteiger charge is -2.19. The zero-order valence-corrected chi connectivity index (χ0v) is 14.3. The first-order chi connectivity index (χ1) is 11.7. The quantitative estimate of drug-likeness (QED) is 0.896. The van der Waals surface area contributed by atoms with Crippen LogP contribution in [0.5, 0.6) is 0 Å². The zero-order chi connectivity index (χ0) is 16.5. The molecule has 1 aromatic heterocycles. The minimum Gasteiger partial charge on any atom is -0.371 e. The third kappa shape index (κ3) is 3.00. The normalized spacial score (nSPS) is 19.5. The first kappa shape index (κ1) is 15.5. The molecule has 24 heavy (non-hydrogen) atoms. The molecule has 0 saturated carbocycles. The van der Waals surface area contributed by atoms with Crippen molar-refractivity contribution in [1.29, 1.82) is 0 Å².